The summed E-state index contributed by atoms with van der Waals surface area (Å²) in [6.45, 7) is 4.67. The third-order valence-electron chi connectivity index (χ3n) is 5.95. The molecule has 4 rings (SSSR count). The van der Waals surface area contributed by atoms with Crippen LogP contribution in [0.3, 0.4) is 0 Å². The van der Waals surface area contributed by atoms with Gasteiger partial charge in [0.05, 0.1) is 11.0 Å². The second-order valence-corrected chi connectivity index (χ2v) is 7.54. The lowest BCUT2D eigenvalue weighted by Crippen LogP contribution is -2.46. The minimum absolute atomic E-state index is 0.0828. The summed E-state index contributed by atoms with van der Waals surface area (Å²) in [6, 6.07) is 6.15. The van der Waals surface area contributed by atoms with Gasteiger partial charge in [-0.3, -0.25) is 14.6 Å². The van der Waals surface area contributed by atoms with Gasteiger partial charge in [0.2, 0.25) is 11.8 Å². The zero-order valence-corrected chi connectivity index (χ0v) is 15.3. The molecule has 138 valence electrons. The van der Waals surface area contributed by atoms with Gasteiger partial charge in [-0.1, -0.05) is 0 Å². The number of aromatic nitrogens is 2. The van der Waals surface area contributed by atoms with Gasteiger partial charge in [0.15, 0.2) is 0 Å². The number of carbonyl (C=O) groups is 2. The first-order valence-electron chi connectivity index (χ1n) is 9.60. The maximum atomic E-state index is 12.8. The van der Waals surface area contributed by atoms with Gasteiger partial charge in [-0.25, -0.2) is 0 Å². The lowest BCUT2D eigenvalue weighted by molar-refractivity contribution is -0.140. The van der Waals surface area contributed by atoms with Crippen LogP contribution in [0.2, 0.25) is 0 Å². The Kier molecular flexibility index (Phi) is 4.66. The topological polar surface area (TPSA) is 69.3 Å². The fourth-order valence-corrected chi connectivity index (χ4v) is 4.31. The van der Waals surface area contributed by atoms with Crippen LogP contribution in [0.15, 0.2) is 24.4 Å². The molecule has 2 aromatic rings. The van der Waals surface area contributed by atoms with Crippen LogP contribution in [0.4, 0.5) is 0 Å². The summed E-state index contributed by atoms with van der Waals surface area (Å²) >= 11 is 0. The van der Waals surface area contributed by atoms with Crippen LogP contribution in [-0.2, 0) is 9.59 Å². The van der Waals surface area contributed by atoms with Crippen molar-refractivity contribution in [3.63, 3.8) is 0 Å². The van der Waals surface area contributed by atoms with Gasteiger partial charge in [0.25, 0.3) is 0 Å². The lowest BCUT2D eigenvalue weighted by Gasteiger charge is -2.37. The van der Waals surface area contributed by atoms with E-state index in [1.54, 1.807) is 6.92 Å². The molecule has 0 unspecified atom stereocenters. The summed E-state index contributed by atoms with van der Waals surface area (Å²) in [7, 11) is 0. The number of amides is 2. The van der Waals surface area contributed by atoms with Gasteiger partial charge in [-0.15, -0.1) is 0 Å². The Labute approximate surface area is 153 Å². The van der Waals surface area contributed by atoms with E-state index in [9.17, 15) is 9.59 Å². The van der Waals surface area contributed by atoms with E-state index >= 15 is 0 Å². The van der Waals surface area contributed by atoms with Crippen molar-refractivity contribution in [3.05, 3.63) is 30.1 Å². The molecule has 2 aliphatic heterocycles. The first kappa shape index (κ1) is 17.1. The largest absolute Gasteiger partial charge is 0.357 e. The van der Waals surface area contributed by atoms with E-state index in [0.717, 1.165) is 49.8 Å². The molecule has 4 heterocycles. The molecule has 2 saturated heterocycles. The van der Waals surface area contributed by atoms with Gasteiger partial charge in [0, 0.05) is 56.8 Å². The number of likely N-dealkylation sites (tertiary alicyclic amines) is 2. The van der Waals surface area contributed by atoms with Crippen molar-refractivity contribution in [2.45, 2.75) is 38.5 Å². The summed E-state index contributed by atoms with van der Waals surface area (Å²) in [4.78, 5) is 36.0. The van der Waals surface area contributed by atoms with E-state index in [0.29, 0.717) is 19.0 Å². The molecule has 2 aliphatic rings. The number of carbonyl (C=O) groups excluding carboxylic acids is 2. The van der Waals surface area contributed by atoms with Crippen LogP contribution < -0.4 is 0 Å². The molecule has 0 radical (unpaired) electrons. The summed E-state index contributed by atoms with van der Waals surface area (Å²) in [5.41, 5.74) is 3.33. The summed E-state index contributed by atoms with van der Waals surface area (Å²) < 4.78 is 0. The van der Waals surface area contributed by atoms with Gasteiger partial charge in [-0.05, 0) is 43.9 Å². The minimum Gasteiger partial charge on any atom is -0.357 e. The minimum atomic E-state index is 0.0828. The first-order valence-corrected chi connectivity index (χ1v) is 9.60. The standard InChI is InChI=1S/C20H26N4O2/c1-14(25)23-9-6-16(7-10-23)20(26)24-11-4-15(5-12-24)18-13-19-17(22-18)3-2-8-21-19/h2-3,8,13,15-16,22H,4-7,9-12H2,1H3. The smallest absolute Gasteiger partial charge is 0.225 e. The van der Waals surface area contributed by atoms with Crippen molar-refractivity contribution in [3.8, 4) is 0 Å². The highest BCUT2D eigenvalue weighted by atomic mass is 16.2. The molecule has 2 aromatic heterocycles. The van der Waals surface area contributed by atoms with E-state index < -0.39 is 0 Å². The molecule has 26 heavy (non-hydrogen) atoms. The maximum absolute atomic E-state index is 12.8. The molecule has 0 spiro atoms. The Balaban J connectivity index is 1.33. The van der Waals surface area contributed by atoms with Crippen molar-refractivity contribution >= 4 is 22.8 Å². The fourth-order valence-electron chi connectivity index (χ4n) is 4.31. The van der Waals surface area contributed by atoms with Crippen LogP contribution in [0.25, 0.3) is 11.0 Å². The van der Waals surface area contributed by atoms with Gasteiger partial charge in [-0.2, -0.15) is 0 Å². The molecule has 6 nitrogen and oxygen atoms in total. The molecule has 1 N–H and O–H groups in total. The Morgan fingerprint density at radius 2 is 1.77 bits per heavy atom. The third kappa shape index (κ3) is 3.32. The van der Waals surface area contributed by atoms with Crippen molar-refractivity contribution in [2.24, 2.45) is 5.92 Å². The fraction of sp³-hybridized carbons (Fsp3) is 0.550. The van der Waals surface area contributed by atoms with Crippen molar-refractivity contribution in [1.82, 2.24) is 19.8 Å². The highest BCUT2D eigenvalue weighted by Crippen LogP contribution is 2.30. The molecule has 0 aliphatic carbocycles. The van der Waals surface area contributed by atoms with Gasteiger partial charge < -0.3 is 14.8 Å². The molecule has 6 heteroatoms. The zero-order chi connectivity index (χ0) is 18.1. The highest BCUT2D eigenvalue weighted by molar-refractivity contribution is 5.80. The molecule has 0 saturated carbocycles. The first-order chi connectivity index (χ1) is 12.6. The quantitative estimate of drug-likeness (QED) is 0.901. The molecule has 0 aromatic carbocycles. The average Bonchev–Trinajstić information content (AvgIpc) is 3.12. The van der Waals surface area contributed by atoms with E-state index in [4.69, 9.17) is 0 Å². The van der Waals surface area contributed by atoms with Crippen LogP contribution >= 0.6 is 0 Å². The number of aromatic amines is 1. The third-order valence-corrected chi connectivity index (χ3v) is 5.95. The molecule has 2 amide bonds. The van der Waals surface area contributed by atoms with Crippen LogP contribution in [0.1, 0.15) is 44.2 Å². The number of H-pyrrole nitrogens is 1. The van der Waals surface area contributed by atoms with Crippen molar-refractivity contribution in [1.29, 1.82) is 0 Å². The van der Waals surface area contributed by atoms with Crippen molar-refractivity contribution < 1.29 is 9.59 Å². The number of rotatable bonds is 2. The van der Waals surface area contributed by atoms with Crippen molar-refractivity contribution in [2.75, 3.05) is 26.2 Å². The van der Waals surface area contributed by atoms with Crippen LogP contribution in [0, 0.1) is 5.92 Å². The second kappa shape index (κ2) is 7.09. The maximum Gasteiger partial charge on any atom is 0.225 e. The second-order valence-electron chi connectivity index (χ2n) is 7.54. The van der Waals surface area contributed by atoms with Crippen LogP contribution in [0.5, 0.6) is 0 Å². The Morgan fingerprint density at radius 1 is 1.08 bits per heavy atom. The van der Waals surface area contributed by atoms with E-state index in [-0.39, 0.29) is 17.7 Å². The predicted molar refractivity (Wildman–Crippen MR) is 99.6 cm³/mol. The van der Waals surface area contributed by atoms with Gasteiger partial charge >= 0.3 is 0 Å². The highest BCUT2D eigenvalue weighted by Gasteiger charge is 2.32. The van der Waals surface area contributed by atoms with E-state index in [2.05, 4.69) is 22.1 Å². The Morgan fingerprint density at radius 3 is 2.42 bits per heavy atom. The predicted octanol–water partition coefficient (Wildman–Crippen LogP) is 2.53. The number of piperidine rings is 2. The lowest BCUT2D eigenvalue weighted by atomic mass is 9.90. The summed E-state index contributed by atoms with van der Waals surface area (Å²) in [5, 5.41) is 0. The molecule has 0 atom stereocenters. The van der Waals surface area contributed by atoms with E-state index in [1.807, 2.05) is 22.1 Å². The SMILES string of the molecule is CC(=O)N1CCC(C(=O)N2CCC(c3cc4ncccc4[nH]3)CC2)CC1. The normalized spacial score (nSPS) is 19.9. The zero-order valence-electron chi connectivity index (χ0n) is 15.3. The summed E-state index contributed by atoms with van der Waals surface area (Å²) in [5.74, 6) is 0.946. The Hall–Kier alpha value is -2.37. The molecular weight excluding hydrogens is 328 g/mol. The number of fused-ring (bicyclic) bond motifs is 1. The van der Waals surface area contributed by atoms with Gasteiger partial charge in [0.1, 0.15) is 0 Å². The van der Waals surface area contributed by atoms with Crippen LogP contribution in [-0.4, -0.2) is 57.8 Å². The average molecular weight is 354 g/mol. The monoisotopic (exact) mass is 354 g/mol. The number of hydrogen-bond donors (Lipinski definition) is 1. The number of pyridine rings is 1. The molecule has 2 fully saturated rings. The Bertz CT molecular complexity index is 766. The molecule has 0 bridgehead atoms. The number of nitrogens with zero attached hydrogens (tertiary/aromatic N) is 3. The molecular formula is C20H26N4O2. The summed E-state index contributed by atoms with van der Waals surface area (Å²) in [6.07, 6.45) is 5.40. The number of nitrogens with one attached hydrogen (secondary N) is 1. The number of hydrogen-bond acceptors (Lipinski definition) is 3. The van der Waals surface area contributed by atoms with E-state index in [1.165, 1.54) is 5.69 Å².